The van der Waals surface area contributed by atoms with Crippen LogP contribution in [0, 0.1) is 0 Å². The lowest BCUT2D eigenvalue weighted by Gasteiger charge is -2.34. The highest BCUT2D eigenvalue weighted by Gasteiger charge is 2.25. The molecule has 3 rings (SSSR count). The number of hydrogen-bond donors (Lipinski definition) is 3. The number of anilines is 1. The number of nitrogens with one attached hydrogen (secondary N) is 2. The van der Waals surface area contributed by atoms with Crippen molar-refractivity contribution in [2.45, 2.75) is 6.42 Å². The van der Waals surface area contributed by atoms with E-state index in [9.17, 15) is 14.4 Å². The van der Waals surface area contributed by atoms with Crippen LogP contribution >= 0.6 is 11.3 Å². The second kappa shape index (κ2) is 7.02. The van der Waals surface area contributed by atoms with Crippen LogP contribution in [0.4, 0.5) is 5.69 Å². The summed E-state index contributed by atoms with van der Waals surface area (Å²) in [7, 11) is 0. The lowest BCUT2D eigenvalue weighted by Crippen LogP contribution is -2.49. The molecule has 128 valence electrons. The molecule has 0 atom stereocenters. The highest BCUT2D eigenvalue weighted by Crippen LogP contribution is 2.12. The van der Waals surface area contributed by atoms with Crippen LogP contribution in [0.15, 0.2) is 27.1 Å². The van der Waals surface area contributed by atoms with Gasteiger partial charge in [-0.25, -0.2) is 4.79 Å². The van der Waals surface area contributed by atoms with Crippen molar-refractivity contribution in [1.82, 2.24) is 19.8 Å². The monoisotopic (exact) mass is 349 g/mol. The van der Waals surface area contributed by atoms with Crippen LogP contribution < -0.4 is 17.0 Å². The van der Waals surface area contributed by atoms with Crippen LogP contribution in [0.1, 0.15) is 15.4 Å². The van der Waals surface area contributed by atoms with Gasteiger partial charge in [0.15, 0.2) is 0 Å². The third-order valence-corrected chi connectivity index (χ3v) is 5.04. The van der Waals surface area contributed by atoms with E-state index in [2.05, 4.69) is 21.3 Å². The van der Waals surface area contributed by atoms with E-state index in [1.807, 2.05) is 11.1 Å². The van der Waals surface area contributed by atoms with Crippen LogP contribution in [0.5, 0.6) is 0 Å². The minimum Gasteiger partial charge on any atom is -0.392 e. The number of thiophene rings is 1. The van der Waals surface area contributed by atoms with Gasteiger partial charge in [0.05, 0.1) is 0 Å². The van der Waals surface area contributed by atoms with Gasteiger partial charge in [-0.05, 0) is 17.9 Å². The molecule has 0 unspecified atom stereocenters. The first-order valence-corrected chi connectivity index (χ1v) is 8.58. The summed E-state index contributed by atoms with van der Waals surface area (Å²) in [4.78, 5) is 45.0. The minimum absolute atomic E-state index is 0.129. The smallest absolute Gasteiger partial charge is 0.326 e. The van der Waals surface area contributed by atoms with E-state index >= 15 is 0 Å². The van der Waals surface area contributed by atoms with Crippen LogP contribution in [0.25, 0.3) is 0 Å². The van der Waals surface area contributed by atoms with E-state index in [4.69, 9.17) is 5.73 Å². The number of nitrogens with two attached hydrogens (primary N) is 1. The number of carbonyl (C=O) groups is 1. The van der Waals surface area contributed by atoms with Crippen molar-refractivity contribution in [1.29, 1.82) is 0 Å². The molecule has 3 heterocycles. The Kier molecular flexibility index (Phi) is 4.81. The molecule has 1 fully saturated rings. The van der Waals surface area contributed by atoms with Crippen LogP contribution in [0.2, 0.25) is 0 Å². The first-order valence-electron chi connectivity index (χ1n) is 7.70. The van der Waals surface area contributed by atoms with Gasteiger partial charge in [0.2, 0.25) is 0 Å². The first kappa shape index (κ1) is 16.5. The first-order chi connectivity index (χ1) is 11.5. The standard InChI is InChI=1S/C15H19N5O3S/c16-11-12(17-15(23)18-13(11)21)14(22)20-7-5-19(6-8-20)4-3-10-2-1-9-24-10/h1-2,9H,3-8,16H2,(H2,17,18,21,23). The summed E-state index contributed by atoms with van der Waals surface area (Å²) in [5, 5.41) is 2.07. The average molecular weight is 349 g/mol. The molecule has 1 aliphatic heterocycles. The fourth-order valence-corrected chi connectivity index (χ4v) is 3.42. The SMILES string of the molecule is Nc1c(C(=O)N2CCN(CCc3cccs3)CC2)[nH]c(=O)[nH]c1=O. The van der Waals surface area contributed by atoms with Gasteiger partial charge in [-0.15, -0.1) is 11.3 Å². The van der Waals surface area contributed by atoms with Crippen molar-refractivity contribution < 1.29 is 4.79 Å². The normalized spacial score (nSPS) is 15.6. The molecule has 0 spiro atoms. The predicted molar refractivity (Wildman–Crippen MR) is 92.5 cm³/mol. The van der Waals surface area contributed by atoms with Crippen LogP contribution in [0.3, 0.4) is 0 Å². The van der Waals surface area contributed by atoms with Crippen LogP contribution in [-0.2, 0) is 6.42 Å². The lowest BCUT2D eigenvalue weighted by molar-refractivity contribution is 0.0633. The molecule has 8 nitrogen and oxygen atoms in total. The number of nitrogens with zero attached hydrogens (tertiary/aromatic N) is 2. The van der Waals surface area contributed by atoms with Gasteiger partial charge < -0.3 is 15.6 Å². The Balaban J connectivity index is 1.59. The number of aromatic amines is 2. The molecule has 0 radical (unpaired) electrons. The van der Waals surface area contributed by atoms with Gasteiger partial charge in [-0.1, -0.05) is 6.07 Å². The van der Waals surface area contributed by atoms with Crippen molar-refractivity contribution in [2.75, 3.05) is 38.5 Å². The topological polar surface area (TPSA) is 115 Å². The molecule has 24 heavy (non-hydrogen) atoms. The maximum atomic E-state index is 12.5. The Morgan fingerprint density at radius 3 is 2.62 bits per heavy atom. The van der Waals surface area contributed by atoms with E-state index in [-0.39, 0.29) is 11.4 Å². The highest BCUT2D eigenvalue weighted by atomic mass is 32.1. The fourth-order valence-electron chi connectivity index (χ4n) is 2.72. The molecule has 4 N–H and O–H groups in total. The van der Waals surface area contributed by atoms with Gasteiger partial charge in [0.25, 0.3) is 11.5 Å². The van der Waals surface area contributed by atoms with Gasteiger partial charge >= 0.3 is 5.69 Å². The maximum Gasteiger partial charge on any atom is 0.326 e. The summed E-state index contributed by atoms with van der Waals surface area (Å²) < 4.78 is 0. The molecular weight excluding hydrogens is 330 g/mol. The molecule has 9 heteroatoms. The van der Waals surface area contributed by atoms with Crippen molar-refractivity contribution in [3.05, 3.63) is 48.9 Å². The second-order valence-corrected chi connectivity index (χ2v) is 6.69. The minimum atomic E-state index is -0.739. The van der Waals surface area contributed by atoms with Crippen molar-refractivity contribution in [3.8, 4) is 0 Å². The van der Waals surface area contributed by atoms with Gasteiger partial charge in [-0.3, -0.25) is 19.5 Å². The quantitative estimate of drug-likeness (QED) is 0.701. The van der Waals surface area contributed by atoms with E-state index < -0.39 is 17.2 Å². The molecule has 0 aromatic carbocycles. The molecule has 0 aliphatic carbocycles. The Morgan fingerprint density at radius 1 is 1.21 bits per heavy atom. The molecule has 1 saturated heterocycles. The zero-order chi connectivity index (χ0) is 17.1. The second-order valence-electron chi connectivity index (χ2n) is 5.66. The molecule has 1 amide bonds. The van der Waals surface area contributed by atoms with E-state index in [0.717, 1.165) is 26.1 Å². The summed E-state index contributed by atoms with van der Waals surface area (Å²) in [6.45, 7) is 3.54. The fraction of sp³-hybridized carbons (Fsp3) is 0.400. The Labute approximate surface area is 141 Å². The zero-order valence-electron chi connectivity index (χ0n) is 13.1. The molecule has 0 saturated carbocycles. The Bertz CT molecular complexity index is 818. The van der Waals surface area contributed by atoms with Gasteiger partial charge in [0.1, 0.15) is 11.4 Å². The maximum absolute atomic E-state index is 12.5. The Morgan fingerprint density at radius 2 is 1.96 bits per heavy atom. The van der Waals surface area contributed by atoms with Crippen molar-refractivity contribution in [3.63, 3.8) is 0 Å². The molecule has 2 aromatic heterocycles. The molecular formula is C15H19N5O3S. The predicted octanol–water partition coefficient (Wildman–Crippen LogP) is -0.293. The summed E-state index contributed by atoms with van der Waals surface area (Å²) >= 11 is 1.75. The van der Waals surface area contributed by atoms with E-state index in [0.29, 0.717) is 13.1 Å². The van der Waals surface area contributed by atoms with Crippen molar-refractivity contribution >= 4 is 22.9 Å². The summed E-state index contributed by atoms with van der Waals surface area (Å²) in [6, 6.07) is 4.17. The van der Waals surface area contributed by atoms with Gasteiger partial charge in [-0.2, -0.15) is 0 Å². The number of aromatic nitrogens is 2. The third-order valence-electron chi connectivity index (χ3n) is 4.11. The number of amides is 1. The molecule has 1 aliphatic rings. The molecule has 2 aromatic rings. The third kappa shape index (κ3) is 3.57. The number of hydrogen-bond acceptors (Lipinski definition) is 6. The van der Waals surface area contributed by atoms with Gasteiger partial charge in [0, 0.05) is 37.6 Å². The average Bonchev–Trinajstić information content (AvgIpc) is 3.09. The summed E-state index contributed by atoms with van der Waals surface area (Å²) in [5.41, 5.74) is 3.77. The number of nitrogen functional groups attached to an aromatic ring is 1. The number of rotatable bonds is 4. The van der Waals surface area contributed by atoms with Crippen LogP contribution in [-0.4, -0.2) is 58.4 Å². The number of carbonyl (C=O) groups excluding carboxylic acids is 1. The number of piperazine rings is 1. The summed E-state index contributed by atoms with van der Waals surface area (Å²) in [5.74, 6) is -0.409. The van der Waals surface area contributed by atoms with E-state index in [1.165, 1.54) is 4.88 Å². The van der Waals surface area contributed by atoms with E-state index in [1.54, 1.807) is 16.2 Å². The molecule has 0 bridgehead atoms. The highest BCUT2D eigenvalue weighted by molar-refractivity contribution is 7.09. The summed E-state index contributed by atoms with van der Waals surface area (Å²) in [6.07, 6.45) is 1.000. The Hall–Kier alpha value is -2.39. The number of H-pyrrole nitrogens is 2. The lowest BCUT2D eigenvalue weighted by atomic mass is 10.2. The van der Waals surface area contributed by atoms with Crippen molar-refractivity contribution in [2.24, 2.45) is 0 Å². The zero-order valence-corrected chi connectivity index (χ0v) is 13.9. The largest absolute Gasteiger partial charge is 0.392 e.